The quantitative estimate of drug-likeness (QED) is 0.837. The molecular formula is C11H11ClN4. The first-order valence-corrected chi connectivity index (χ1v) is 5.53. The van der Waals surface area contributed by atoms with Gasteiger partial charge in [0, 0.05) is 5.02 Å². The third-order valence-electron chi connectivity index (χ3n) is 3.08. The summed E-state index contributed by atoms with van der Waals surface area (Å²) >= 11 is 6.00. The molecule has 3 rings (SSSR count). The highest BCUT2D eigenvalue weighted by molar-refractivity contribution is 6.30. The number of nitrogens with two attached hydrogens (primary N) is 1. The fraction of sp³-hybridized carbons (Fsp3) is 0.273. The van der Waals surface area contributed by atoms with E-state index in [-0.39, 0.29) is 5.41 Å². The Morgan fingerprint density at radius 1 is 1.38 bits per heavy atom. The number of aromatic amines is 1. The van der Waals surface area contributed by atoms with E-state index in [1.807, 2.05) is 18.2 Å². The Labute approximate surface area is 97.8 Å². The average molecular weight is 235 g/mol. The number of benzene rings is 1. The summed E-state index contributed by atoms with van der Waals surface area (Å²) in [4.78, 5) is 4.22. The van der Waals surface area contributed by atoms with E-state index in [0.29, 0.717) is 5.95 Å². The molecule has 0 bridgehead atoms. The van der Waals surface area contributed by atoms with Gasteiger partial charge in [-0.15, -0.1) is 5.10 Å². The molecule has 2 aromatic rings. The zero-order valence-electron chi connectivity index (χ0n) is 8.57. The van der Waals surface area contributed by atoms with Crippen LogP contribution in [0.25, 0.3) is 0 Å². The summed E-state index contributed by atoms with van der Waals surface area (Å²) in [5.74, 6) is 1.13. The standard InChI is InChI=1S/C11H11ClN4/c12-8-3-1-2-7(6-8)11(4-5-11)9-14-10(13)16-15-9/h1-3,6H,4-5H2,(H3,13,14,15,16). The minimum atomic E-state index is -0.0461. The zero-order valence-corrected chi connectivity index (χ0v) is 9.33. The van der Waals surface area contributed by atoms with Gasteiger partial charge in [0.1, 0.15) is 5.82 Å². The number of nitrogens with zero attached hydrogens (tertiary/aromatic N) is 2. The number of anilines is 1. The summed E-state index contributed by atoms with van der Waals surface area (Å²) in [6.45, 7) is 0. The molecule has 0 radical (unpaired) electrons. The van der Waals surface area contributed by atoms with Crippen LogP contribution >= 0.6 is 11.6 Å². The van der Waals surface area contributed by atoms with Gasteiger partial charge in [0.25, 0.3) is 0 Å². The molecule has 0 spiro atoms. The first-order valence-electron chi connectivity index (χ1n) is 5.15. The van der Waals surface area contributed by atoms with Gasteiger partial charge >= 0.3 is 0 Å². The zero-order chi connectivity index (χ0) is 11.2. The SMILES string of the molecule is Nc1n[nH]c(C2(c3cccc(Cl)c3)CC2)n1. The molecule has 4 nitrogen and oxygen atoms in total. The van der Waals surface area contributed by atoms with Gasteiger partial charge in [0.2, 0.25) is 5.95 Å². The van der Waals surface area contributed by atoms with Crippen LogP contribution < -0.4 is 5.73 Å². The molecule has 3 N–H and O–H groups in total. The molecule has 1 heterocycles. The predicted octanol–water partition coefficient (Wildman–Crippen LogP) is 2.12. The molecule has 0 atom stereocenters. The van der Waals surface area contributed by atoms with Crippen LogP contribution in [0.4, 0.5) is 5.95 Å². The van der Waals surface area contributed by atoms with E-state index in [0.717, 1.165) is 23.7 Å². The molecule has 1 fully saturated rings. The lowest BCUT2D eigenvalue weighted by Crippen LogP contribution is -2.10. The van der Waals surface area contributed by atoms with E-state index in [1.54, 1.807) is 0 Å². The molecular weight excluding hydrogens is 224 g/mol. The van der Waals surface area contributed by atoms with E-state index >= 15 is 0 Å². The molecule has 1 aliphatic carbocycles. The van der Waals surface area contributed by atoms with Crippen LogP contribution in [-0.4, -0.2) is 15.2 Å². The molecule has 0 saturated heterocycles. The number of aromatic nitrogens is 3. The van der Waals surface area contributed by atoms with Crippen LogP contribution in [0.3, 0.4) is 0 Å². The third kappa shape index (κ3) is 1.38. The van der Waals surface area contributed by atoms with Gasteiger partial charge in [-0.3, -0.25) is 5.10 Å². The highest BCUT2D eigenvalue weighted by Crippen LogP contribution is 2.52. The molecule has 82 valence electrons. The molecule has 1 aromatic carbocycles. The van der Waals surface area contributed by atoms with E-state index in [1.165, 1.54) is 5.56 Å². The van der Waals surface area contributed by atoms with E-state index in [4.69, 9.17) is 17.3 Å². The Hall–Kier alpha value is -1.55. The molecule has 0 aliphatic heterocycles. The highest BCUT2D eigenvalue weighted by atomic mass is 35.5. The number of hydrogen-bond donors (Lipinski definition) is 2. The highest BCUT2D eigenvalue weighted by Gasteiger charge is 2.48. The second-order valence-electron chi connectivity index (χ2n) is 4.13. The van der Waals surface area contributed by atoms with Crippen LogP contribution in [0.5, 0.6) is 0 Å². The van der Waals surface area contributed by atoms with Gasteiger partial charge in [0.05, 0.1) is 5.41 Å². The van der Waals surface area contributed by atoms with Crippen LogP contribution in [0.2, 0.25) is 5.02 Å². The Kier molecular flexibility index (Phi) is 1.94. The fourth-order valence-electron chi connectivity index (χ4n) is 2.06. The molecule has 0 unspecified atom stereocenters. The van der Waals surface area contributed by atoms with Crippen molar-refractivity contribution in [3.63, 3.8) is 0 Å². The summed E-state index contributed by atoms with van der Waals surface area (Å²) in [6, 6.07) is 7.87. The van der Waals surface area contributed by atoms with E-state index in [2.05, 4.69) is 21.2 Å². The summed E-state index contributed by atoms with van der Waals surface area (Å²) in [5.41, 5.74) is 6.66. The van der Waals surface area contributed by atoms with Crippen molar-refractivity contribution < 1.29 is 0 Å². The van der Waals surface area contributed by atoms with E-state index < -0.39 is 0 Å². The summed E-state index contributed by atoms with van der Waals surface area (Å²) in [7, 11) is 0. The lowest BCUT2D eigenvalue weighted by molar-refractivity contribution is 0.761. The Balaban J connectivity index is 2.06. The van der Waals surface area contributed by atoms with Gasteiger partial charge in [0.15, 0.2) is 0 Å². The van der Waals surface area contributed by atoms with Crippen LogP contribution in [0.15, 0.2) is 24.3 Å². The lowest BCUT2D eigenvalue weighted by Gasteiger charge is -2.12. The number of hydrogen-bond acceptors (Lipinski definition) is 3. The van der Waals surface area contributed by atoms with E-state index in [9.17, 15) is 0 Å². The van der Waals surface area contributed by atoms with Gasteiger partial charge in [-0.2, -0.15) is 4.98 Å². The first-order chi connectivity index (χ1) is 7.71. The topological polar surface area (TPSA) is 67.6 Å². The minimum absolute atomic E-state index is 0.0461. The maximum Gasteiger partial charge on any atom is 0.239 e. The number of H-pyrrole nitrogens is 1. The van der Waals surface area contributed by atoms with Crippen molar-refractivity contribution in [3.05, 3.63) is 40.7 Å². The fourth-order valence-corrected chi connectivity index (χ4v) is 2.25. The monoisotopic (exact) mass is 234 g/mol. The predicted molar refractivity (Wildman–Crippen MR) is 62.3 cm³/mol. The van der Waals surface area contributed by atoms with Crippen LogP contribution in [0, 0.1) is 0 Å². The van der Waals surface area contributed by atoms with Gasteiger partial charge < -0.3 is 5.73 Å². The first kappa shape index (κ1) is 9.66. The maximum absolute atomic E-state index is 6.00. The molecule has 0 amide bonds. The number of nitrogen functional groups attached to an aromatic ring is 1. The second kappa shape index (κ2) is 3.22. The van der Waals surface area contributed by atoms with Crippen molar-refractivity contribution in [1.29, 1.82) is 0 Å². The third-order valence-corrected chi connectivity index (χ3v) is 3.32. The number of nitrogens with one attached hydrogen (secondary N) is 1. The largest absolute Gasteiger partial charge is 0.367 e. The lowest BCUT2D eigenvalue weighted by atomic mass is 9.95. The van der Waals surface area contributed by atoms with Crippen molar-refractivity contribution >= 4 is 17.5 Å². The van der Waals surface area contributed by atoms with Crippen molar-refractivity contribution in [3.8, 4) is 0 Å². The minimum Gasteiger partial charge on any atom is -0.367 e. The number of halogens is 1. The molecule has 5 heteroatoms. The Morgan fingerprint density at radius 3 is 2.75 bits per heavy atom. The smallest absolute Gasteiger partial charge is 0.239 e. The Morgan fingerprint density at radius 2 is 2.19 bits per heavy atom. The molecule has 1 aromatic heterocycles. The van der Waals surface area contributed by atoms with Gasteiger partial charge in [-0.25, -0.2) is 0 Å². The summed E-state index contributed by atoms with van der Waals surface area (Å²) in [5, 5.41) is 7.52. The van der Waals surface area contributed by atoms with Crippen molar-refractivity contribution in [1.82, 2.24) is 15.2 Å². The summed E-state index contributed by atoms with van der Waals surface area (Å²) in [6.07, 6.45) is 2.12. The van der Waals surface area contributed by atoms with Crippen LogP contribution in [-0.2, 0) is 5.41 Å². The average Bonchev–Trinajstić information content (AvgIpc) is 2.97. The molecule has 16 heavy (non-hydrogen) atoms. The summed E-state index contributed by atoms with van der Waals surface area (Å²) < 4.78 is 0. The van der Waals surface area contributed by atoms with Crippen molar-refractivity contribution in [2.45, 2.75) is 18.3 Å². The maximum atomic E-state index is 6.00. The molecule has 1 saturated carbocycles. The second-order valence-corrected chi connectivity index (χ2v) is 4.57. The van der Waals surface area contributed by atoms with Gasteiger partial charge in [-0.1, -0.05) is 23.7 Å². The van der Waals surface area contributed by atoms with Gasteiger partial charge in [-0.05, 0) is 30.5 Å². The van der Waals surface area contributed by atoms with Crippen molar-refractivity contribution in [2.24, 2.45) is 0 Å². The van der Waals surface area contributed by atoms with Crippen LogP contribution in [0.1, 0.15) is 24.2 Å². The Bertz CT molecular complexity index is 530. The molecule has 1 aliphatic rings. The normalized spacial score (nSPS) is 17.3. The van der Waals surface area contributed by atoms with Crippen molar-refractivity contribution in [2.75, 3.05) is 5.73 Å². The number of rotatable bonds is 2.